The summed E-state index contributed by atoms with van der Waals surface area (Å²) in [5.41, 5.74) is 2.11. The zero-order chi connectivity index (χ0) is 13.1. The van der Waals surface area contributed by atoms with E-state index in [2.05, 4.69) is 15.9 Å². The molecule has 0 aliphatic carbocycles. The Morgan fingerprint density at radius 3 is 2.44 bits per heavy atom. The van der Waals surface area contributed by atoms with E-state index in [1.807, 2.05) is 24.3 Å². The first-order valence-electron chi connectivity index (χ1n) is 5.59. The minimum atomic E-state index is -0.367. The topological polar surface area (TPSA) is 17.1 Å². The minimum absolute atomic E-state index is 0.0695. The van der Waals surface area contributed by atoms with Crippen molar-refractivity contribution in [3.63, 3.8) is 0 Å². The van der Waals surface area contributed by atoms with Gasteiger partial charge < -0.3 is 0 Å². The Labute approximate surface area is 114 Å². The van der Waals surface area contributed by atoms with Crippen LogP contribution in [0.4, 0.5) is 4.39 Å². The number of carbonyl (C=O) groups is 1. The highest BCUT2D eigenvalue weighted by atomic mass is 79.9. The lowest BCUT2D eigenvalue weighted by Gasteiger charge is -2.03. The van der Waals surface area contributed by atoms with Gasteiger partial charge in [0.15, 0.2) is 5.78 Å². The number of carbonyl (C=O) groups excluding carboxylic acids is 1. The Bertz CT molecular complexity index is 555. The monoisotopic (exact) mass is 306 g/mol. The molecular formula is C15H12BrFO. The molecule has 1 nitrogen and oxygen atoms in total. The van der Waals surface area contributed by atoms with Crippen molar-refractivity contribution in [1.82, 2.24) is 0 Å². The molecule has 92 valence electrons. The molecule has 3 heteroatoms. The normalized spacial score (nSPS) is 10.4. The number of halogens is 2. The SMILES string of the molecule is Cc1cc(F)cc(C(=O)Cc2ccc(Br)cc2)c1. The van der Waals surface area contributed by atoms with Gasteiger partial charge in [-0.2, -0.15) is 0 Å². The molecule has 0 N–H and O–H groups in total. The third-order valence-electron chi connectivity index (χ3n) is 2.64. The van der Waals surface area contributed by atoms with Gasteiger partial charge in [0.2, 0.25) is 0 Å². The van der Waals surface area contributed by atoms with Crippen LogP contribution in [0.1, 0.15) is 21.5 Å². The Balaban J connectivity index is 2.19. The van der Waals surface area contributed by atoms with Gasteiger partial charge >= 0.3 is 0 Å². The van der Waals surface area contributed by atoms with Gasteiger partial charge in [0.05, 0.1) is 0 Å². The Morgan fingerprint density at radius 2 is 1.83 bits per heavy atom. The quantitative estimate of drug-likeness (QED) is 0.772. The molecular weight excluding hydrogens is 295 g/mol. The van der Waals surface area contributed by atoms with Gasteiger partial charge in [-0.05, 0) is 48.4 Å². The highest BCUT2D eigenvalue weighted by Gasteiger charge is 2.09. The second-order valence-corrected chi connectivity index (χ2v) is 5.16. The van der Waals surface area contributed by atoms with Crippen LogP contribution in [0, 0.1) is 12.7 Å². The smallest absolute Gasteiger partial charge is 0.167 e. The molecule has 0 fully saturated rings. The Morgan fingerprint density at radius 1 is 1.17 bits per heavy atom. The molecule has 2 rings (SSSR count). The first-order valence-corrected chi connectivity index (χ1v) is 6.39. The molecule has 0 aliphatic rings. The van der Waals surface area contributed by atoms with E-state index < -0.39 is 0 Å². The third kappa shape index (κ3) is 3.26. The van der Waals surface area contributed by atoms with Crippen LogP contribution in [0.3, 0.4) is 0 Å². The predicted molar refractivity (Wildman–Crippen MR) is 73.3 cm³/mol. The highest BCUT2D eigenvalue weighted by Crippen LogP contribution is 2.14. The first-order chi connectivity index (χ1) is 8.54. The fourth-order valence-electron chi connectivity index (χ4n) is 1.79. The van der Waals surface area contributed by atoms with E-state index in [-0.39, 0.29) is 18.0 Å². The molecule has 0 saturated carbocycles. The van der Waals surface area contributed by atoms with Crippen LogP contribution in [0.15, 0.2) is 46.9 Å². The summed E-state index contributed by atoms with van der Waals surface area (Å²) in [4.78, 5) is 12.0. The number of Topliss-reactive ketones (excluding diaryl/α,β-unsaturated/α-hetero) is 1. The zero-order valence-corrected chi connectivity index (χ0v) is 11.5. The van der Waals surface area contributed by atoms with Crippen LogP contribution < -0.4 is 0 Å². The number of rotatable bonds is 3. The summed E-state index contributed by atoms with van der Waals surface area (Å²) < 4.78 is 14.2. The Hall–Kier alpha value is -1.48. The second-order valence-electron chi connectivity index (χ2n) is 4.24. The molecule has 0 unspecified atom stereocenters. The molecule has 0 radical (unpaired) electrons. The minimum Gasteiger partial charge on any atom is -0.294 e. The van der Waals surface area contributed by atoms with Gasteiger partial charge in [0.1, 0.15) is 5.82 Å². The molecule has 0 bridgehead atoms. The second kappa shape index (κ2) is 5.44. The number of aryl methyl sites for hydroxylation is 1. The van der Waals surface area contributed by atoms with Gasteiger partial charge in [-0.25, -0.2) is 4.39 Å². The molecule has 0 amide bonds. The summed E-state index contributed by atoms with van der Waals surface area (Å²) >= 11 is 3.34. The molecule has 18 heavy (non-hydrogen) atoms. The maximum atomic E-state index is 13.2. The standard InChI is InChI=1S/C15H12BrFO/c1-10-6-12(9-14(17)7-10)15(18)8-11-2-4-13(16)5-3-11/h2-7,9H,8H2,1H3. The van der Waals surface area contributed by atoms with E-state index >= 15 is 0 Å². The summed E-state index contributed by atoms with van der Waals surface area (Å²) in [5, 5.41) is 0. The zero-order valence-electron chi connectivity index (χ0n) is 9.91. The average molecular weight is 307 g/mol. The van der Waals surface area contributed by atoms with E-state index in [1.165, 1.54) is 12.1 Å². The Kier molecular flexibility index (Phi) is 3.92. The van der Waals surface area contributed by atoms with E-state index in [9.17, 15) is 9.18 Å². The molecule has 0 aromatic heterocycles. The largest absolute Gasteiger partial charge is 0.294 e. The van der Waals surface area contributed by atoms with Crippen LogP contribution in [0.25, 0.3) is 0 Å². The van der Waals surface area contributed by atoms with Crippen molar-refractivity contribution in [3.05, 3.63) is 69.4 Å². The maximum Gasteiger partial charge on any atom is 0.167 e. The van der Waals surface area contributed by atoms with E-state index in [4.69, 9.17) is 0 Å². The molecule has 0 aliphatic heterocycles. The fraction of sp³-hybridized carbons (Fsp3) is 0.133. The lowest BCUT2D eigenvalue weighted by atomic mass is 10.0. The molecule has 2 aromatic rings. The molecule has 0 spiro atoms. The van der Waals surface area contributed by atoms with Gasteiger partial charge in [-0.1, -0.05) is 28.1 Å². The van der Waals surface area contributed by atoms with Crippen LogP contribution in [-0.4, -0.2) is 5.78 Å². The van der Waals surface area contributed by atoms with Crippen LogP contribution in [-0.2, 0) is 6.42 Å². The van der Waals surface area contributed by atoms with Crippen molar-refractivity contribution < 1.29 is 9.18 Å². The number of ketones is 1. The van der Waals surface area contributed by atoms with Crippen LogP contribution in [0.5, 0.6) is 0 Å². The summed E-state index contributed by atoms with van der Waals surface area (Å²) in [5.74, 6) is -0.436. The van der Waals surface area contributed by atoms with Crippen molar-refractivity contribution in [2.45, 2.75) is 13.3 Å². The number of benzene rings is 2. The van der Waals surface area contributed by atoms with Gasteiger partial charge in [-0.15, -0.1) is 0 Å². The molecule has 0 saturated heterocycles. The van der Waals surface area contributed by atoms with Crippen molar-refractivity contribution in [3.8, 4) is 0 Å². The van der Waals surface area contributed by atoms with Crippen molar-refractivity contribution >= 4 is 21.7 Å². The molecule has 2 aromatic carbocycles. The van der Waals surface area contributed by atoms with E-state index in [0.717, 1.165) is 15.6 Å². The maximum absolute atomic E-state index is 13.2. The van der Waals surface area contributed by atoms with Gasteiger partial charge in [-0.3, -0.25) is 4.79 Å². The summed E-state index contributed by atoms with van der Waals surface area (Å²) in [6.45, 7) is 1.78. The van der Waals surface area contributed by atoms with E-state index in [1.54, 1.807) is 13.0 Å². The number of hydrogen-bond donors (Lipinski definition) is 0. The lowest BCUT2D eigenvalue weighted by Crippen LogP contribution is -2.04. The molecule has 0 atom stereocenters. The highest BCUT2D eigenvalue weighted by molar-refractivity contribution is 9.10. The average Bonchev–Trinajstić information content (AvgIpc) is 2.31. The predicted octanol–water partition coefficient (Wildman–Crippen LogP) is 4.32. The van der Waals surface area contributed by atoms with Crippen LogP contribution >= 0.6 is 15.9 Å². The summed E-state index contributed by atoms with van der Waals surface area (Å²) in [6.07, 6.45) is 0.288. The summed E-state index contributed by atoms with van der Waals surface area (Å²) in [7, 11) is 0. The van der Waals surface area contributed by atoms with E-state index in [0.29, 0.717) is 5.56 Å². The molecule has 0 heterocycles. The summed E-state index contributed by atoms with van der Waals surface area (Å²) in [6, 6.07) is 12.0. The van der Waals surface area contributed by atoms with Crippen molar-refractivity contribution in [1.29, 1.82) is 0 Å². The van der Waals surface area contributed by atoms with Gasteiger partial charge in [0.25, 0.3) is 0 Å². The van der Waals surface area contributed by atoms with Gasteiger partial charge in [0, 0.05) is 16.5 Å². The third-order valence-corrected chi connectivity index (χ3v) is 3.17. The van der Waals surface area contributed by atoms with Crippen molar-refractivity contribution in [2.75, 3.05) is 0 Å². The number of hydrogen-bond acceptors (Lipinski definition) is 1. The first kappa shape index (κ1) is 13.0. The van der Waals surface area contributed by atoms with Crippen molar-refractivity contribution in [2.24, 2.45) is 0 Å². The lowest BCUT2D eigenvalue weighted by molar-refractivity contribution is 0.0992. The fourth-order valence-corrected chi connectivity index (χ4v) is 2.05. The van der Waals surface area contributed by atoms with Crippen LogP contribution in [0.2, 0.25) is 0 Å².